The first-order chi connectivity index (χ1) is 11.6. The summed E-state index contributed by atoms with van der Waals surface area (Å²) < 4.78 is 0. The highest BCUT2D eigenvalue weighted by Crippen LogP contribution is 2.21. The van der Waals surface area contributed by atoms with Gasteiger partial charge in [0.25, 0.3) is 0 Å². The lowest BCUT2D eigenvalue weighted by Crippen LogP contribution is -2.14. The zero-order valence-electron chi connectivity index (χ0n) is 12.3. The fraction of sp³-hybridized carbons (Fsp3) is 0.0625. The second kappa shape index (κ2) is 7.70. The Morgan fingerprint density at radius 1 is 1.12 bits per heavy atom. The van der Waals surface area contributed by atoms with E-state index < -0.39 is 0 Å². The molecule has 3 aromatic rings. The standard InChI is InChI=1S/C16H12Cl2N4OS/c17-11-6-4-10(5-7-11)15-20-16(22-21-15)24-9-14(23)19-13-3-1-2-12(18)8-13/h1-8H,9H2,(H,19,23)(H,20,21,22). The maximum Gasteiger partial charge on any atom is 0.234 e. The van der Waals surface area contributed by atoms with Crippen LogP contribution in [0.1, 0.15) is 0 Å². The van der Waals surface area contributed by atoms with Crippen molar-refractivity contribution in [3.8, 4) is 11.4 Å². The molecule has 0 aliphatic carbocycles. The molecule has 0 saturated carbocycles. The number of anilines is 1. The molecule has 0 radical (unpaired) electrons. The number of H-pyrrole nitrogens is 1. The first kappa shape index (κ1) is 16.8. The van der Waals surface area contributed by atoms with Crippen LogP contribution in [0.4, 0.5) is 5.69 Å². The van der Waals surface area contributed by atoms with E-state index in [1.807, 2.05) is 12.1 Å². The lowest BCUT2D eigenvalue weighted by molar-refractivity contribution is -0.113. The number of aromatic nitrogens is 3. The molecule has 2 aromatic carbocycles. The third kappa shape index (κ3) is 4.50. The van der Waals surface area contributed by atoms with Crippen LogP contribution in [0.3, 0.4) is 0 Å². The number of hydrogen-bond donors (Lipinski definition) is 2. The molecule has 0 fully saturated rings. The number of rotatable bonds is 5. The van der Waals surface area contributed by atoms with Crippen LogP contribution in [0, 0.1) is 0 Å². The molecule has 122 valence electrons. The third-order valence-corrected chi connectivity index (χ3v) is 4.36. The van der Waals surface area contributed by atoms with E-state index in [1.165, 1.54) is 11.8 Å². The molecule has 0 spiro atoms. The summed E-state index contributed by atoms with van der Waals surface area (Å²) in [6.07, 6.45) is 0. The van der Waals surface area contributed by atoms with Crippen LogP contribution in [0.25, 0.3) is 11.4 Å². The average Bonchev–Trinajstić information content (AvgIpc) is 3.03. The summed E-state index contributed by atoms with van der Waals surface area (Å²) in [5.74, 6) is 0.675. The maximum absolute atomic E-state index is 12.0. The van der Waals surface area contributed by atoms with E-state index >= 15 is 0 Å². The summed E-state index contributed by atoms with van der Waals surface area (Å²) in [7, 11) is 0. The highest BCUT2D eigenvalue weighted by molar-refractivity contribution is 7.99. The van der Waals surface area contributed by atoms with Crippen molar-refractivity contribution in [2.24, 2.45) is 0 Å². The van der Waals surface area contributed by atoms with Crippen LogP contribution in [-0.4, -0.2) is 26.8 Å². The number of carbonyl (C=O) groups is 1. The largest absolute Gasteiger partial charge is 0.325 e. The van der Waals surface area contributed by atoms with Gasteiger partial charge in [-0.05, 0) is 42.5 Å². The minimum atomic E-state index is -0.153. The van der Waals surface area contributed by atoms with Gasteiger partial charge in [-0.1, -0.05) is 41.0 Å². The van der Waals surface area contributed by atoms with Gasteiger partial charge >= 0.3 is 0 Å². The van der Waals surface area contributed by atoms with Gasteiger partial charge in [0, 0.05) is 21.3 Å². The van der Waals surface area contributed by atoms with Crippen LogP contribution in [0.15, 0.2) is 53.7 Å². The fourth-order valence-electron chi connectivity index (χ4n) is 1.94. The number of halogens is 2. The molecule has 0 atom stereocenters. The topological polar surface area (TPSA) is 70.7 Å². The highest BCUT2D eigenvalue weighted by atomic mass is 35.5. The van der Waals surface area contributed by atoms with Gasteiger partial charge in [0.05, 0.1) is 5.75 Å². The summed E-state index contributed by atoms with van der Waals surface area (Å²) in [5, 5.41) is 11.5. The van der Waals surface area contributed by atoms with Gasteiger partial charge in [-0.25, -0.2) is 4.98 Å². The average molecular weight is 379 g/mol. The molecule has 1 amide bonds. The zero-order chi connectivity index (χ0) is 16.9. The van der Waals surface area contributed by atoms with Gasteiger partial charge in [0.1, 0.15) is 0 Å². The second-order valence-corrected chi connectivity index (χ2v) is 6.64. The van der Waals surface area contributed by atoms with Crippen molar-refractivity contribution in [1.29, 1.82) is 0 Å². The van der Waals surface area contributed by atoms with Crippen LogP contribution < -0.4 is 5.32 Å². The number of thioether (sulfide) groups is 1. The maximum atomic E-state index is 12.0. The Bertz CT molecular complexity index is 851. The van der Waals surface area contributed by atoms with E-state index in [0.717, 1.165) is 5.56 Å². The first-order valence-corrected chi connectivity index (χ1v) is 8.71. The Morgan fingerprint density at radius 2 is 1.92 bits per heavy atom. The van der Waals surface area contributed by atoms with E-state index in [9.17, 15) is 4.79 Å². The molecule has 1 aromatic heterocycles. The van der Waals surface area contributed by atoms with E-state index in [2.05, 4.69) is 20.5 Å². The number of benzene rings is 2. The SMILES string of the molecule is O=C(CSc1n[nH]c(-c2ccc(Cl)cc2)n1)Nc1cccc(Cl)c1. The molecule has 0 aliphatic heterocycles. The van der Waals surface area contributed by atoms with Crippen molar-refractivity contribution >= 4 is 46.6 Å². The van der Waals surface area contributed by atoms with Gasteiger partial charge in [0.15, 0.2) is 5.82 Å². The van der Waals surface area contributed by atoms with Gasteiger partial charge in [-0.3, -0.25) is 9.89 Å². The van der Waals surface area contributed by atoms with E-state index in [-0.39, 0.29) is 11.7 Å². The summed E-state index contributed by atoms with van der Waals surface area (Å²) in [6.45, 7) is 0. The Kier molecular flexibility index (Phi) is 5.40. The van der Waals surface area contributed by atoms with Gasteiger partial charge < -0.3 is 5.32 Å². The minimum Gasteiger partial charge on any atom is -0.325 e. The second-order valence-electron chi connectivity index (χ2n) is 4.82. The van der Waals surface area contributed by atoms with Crippen LogP contribution in [0.5, 0.6) is 0 Å². The quantitative estimate of drug-likeness (QED) is 0.640. The van der Waals surface area contributed by atoms with Gasteiger partial charge in [-0.2, -0.15) is 0 Å². The smallest absolute Gasteiger partial charge is 0.234 e. The monoisotopic (exact) mass is 378 g/mol. The summed E-state index contributed by atoms with van der Waals surface area (Å²) in [4.78, 5) is 16.3. The molecule has 0 aliphatic rings. The molecule has 0 saturated heterocycles. The Labute approximate surface area is 152 Å². The summed E-state index contributed by atoms with van der Waals surface area (Å²) in [5.41, 5.74) is 1.53. The van der Waals surface area contributed by atoms with E-state index in [0.29, 0.717) is 26.7 Å². The van der Waals surface area contributed by atoms with Gasteiger partial charge in [0.2, 0.25) is 11.1 Å². The van der Waals surface area contributed by atoms with Crippen molar-refractivity contribution in [3.63, 3.8) is 0 Å². The molecular weight excluding hydrogens is 367 g/mol. The van der Waals surface area contributed by atoms with Crippen molar-refractivity contribution < 1.29 is 4.79 Å². The minimum absolute atomic E-state index is 0.153. The Balaban J connectivity index is 1.57. The number of nitrogens with zero attached hydrogens (tertiary/aromatic N) is 2. The normalized spacial score (nSPS) is 10.6. The number of aromatic amines is 1. The predicted molar refractivity (Wildman–Crippen MR) is 97.6 cm³/mol. The molecule has 1 heterocycles. The van der Waals surface area contributed by atoms with Crippen LogP contribution in [-0.2, 0) is 4.79 Å². The highest BCUT2D eigenvalue weighted by Gasteiger charge is 2.09. The van der Waals surface area contributed by atoms with Crippen molar-refractivity contribution in [3.05, 3.63) is 58.6 Å². The van der Waals surface area contributed by atoms with Crippen LogP contribution in [0.2, 0.25) is 10.0 Å². The number of nitrogens with one attached hydrogen (secondary N) is 2. The molecule has 0 unspecified atom stereocenters. The molecule has 8 heteroatoms. The van der Waals surface area contributed by atoms with Crippen molar-refractivity contribution in [1.82, 2.24) is 15.2 Å². The number of hydrogen-bond acceptors (Lipinski definition) is 4. The number of amides is 1. The lowest BCUT2D eigenvalue weighted by Gasteiger charge is -2.04. The third-order valence-electron chi connectivity index (χ3n) is 3.02. The summed E-state index contributed by atoms with van der Waals surface area (Å²) >= 11 is 13.0. The lowest BCUT2D eigenvalue weighted by atomic mass is 10.2. The molecule has 0 bridgehead atoms. The Hall–Kier alpha value is -2.02. The number of carbonyl (C=O) groups excluding carboxylic acids is 1. The molecule has 24 heavy (non-hydrogen) atoms. The van der Waals surface area contributed by atoms with E-state index in [4.69, 9.17) is 23.2 Å². The molecular formula is C16H12Cl2N4OS. The fourth-order valence-corrected chi connectivity index (χ4v) is 2.86. The van der Waals surface area contributed by atoms with Crippen LogP contribution >= 0.6 is 35.0 Å². The molecule has 3 rings (SSSR count). The Morgan fingerprint density at radius 3 is 2.67 bits per heavy atom. The summed E-state index contributed by atoms with van der Waals surface area (Å²) in [6, 6.07) is 14.3. The van der Waals surface area contributed by atoms with Gasteiger partial charge in [-0.15, -0.1) is 5.10 Å². The van der Waals surface area contributed by atoms with E-state index in [1.54, 1.807) is 36.4 Å². The predicted octanol–water partition coefficient (Wildman–Crippen LogP) is 4.51. The van der Waals surface area contributed by atoms with Crippen molar-refractivity contribution in [2.45, 2.75) is 5.16 Å². The molecule has 5 nitrogen and oxygen atoms in total. The molecule has 2 N–H and O–H groups in total. The first-order valence-electron chi connectivity index (χ1n) is 6.97. The zero-order valence-corrected chi connectivity index (χ0v) is 14.6. The van der Waals surface area contributed by atoms with Crippen molar-refractivity contribution in [2.75, 3.05) is 11.1 Å².